The van der Waals surface area contributed by atoms with Crippen molar-refractivity contribution in [2.24, 2.45) is 0 Å². The monoisotopic (exact) mass is 479 g/mol. The highest BCUT2D eigenvalue weighted by Gasteiger charge is 2.36. The second kappa shape index (κ2) is 9.57. The van der Waals surface area contributed by atoms with E-state index in [1.807, 2.05) is 31.2 Å². The van der Waals surface area contributed by atoms with Crippen LogP contribution >= 0.6 is 11.6 Å². The number of urea groups is 1. The molecule has 3 amide bonds. The first-order valence-electron chi connectivity index (χ1n) is 10.6. The summed E-state index contributed by atoms with van der Waals surface area (Å²) in [5, 5.41) is 5.69. The third-order valence-corrected chi connectivity index (χ3v) is 5.94. The molecule has 0 radical (unpaired) electrons. The molecule has 4 rings (SSSR count). The van der Waals surface area contributed by atoms with E-state index in [2.05, 4.69) is 10.6 Å². The van der Waals surface area contributed by atoms with Crippen LogP contribution in [0.25, 0.3) is 0 Å². The van der Waals surface area contributed by atoms with Crippen LogP contribution in [0.2, 0.25) is 5.02 Å². The molecule has 0 aliphatic carbocycles. The van der Waals surface area contributed by atoms with Crippen molar-refractivity contribution in [2.75, 3.05) is 17.3 Å². The van der Waals surface area contributed by atoms with Crippen molar-refractivity contribution < 1.29 is 18.7 Å². The molecule has 8 heteroatoms. The van der Waals surface area contributed by atoms with E-state index >= 15 is 0 Å². The van der Waals surface area contributed by atoms with Gasteiger partial charge in [-0.2, -0.15) is 0 Å². The third-order valence-electron chi connectivity index (χ3n) is 5.65. The van der Waals surface area contributed by atoms with Crippen LogP contribution in [0.1, 0.15) is 24.1 Å². The average molecular weight is 480 g/mol. The van der Waals surface area contributed by atoms with Crippen molar-refractivity contribution in [3.05, 3.63) is 100.0 Å². The fourth-order valence-electron chi connectivity index (χ4n) is 3.85. The van der Waals surface area contributed by atoms with E-state index < -0.39 is 17.9 Å². The molecule has 1 unspecified atom stereocenters. The number of allylic oxidation sites excluding steroid dienone is 1. The highest BCUT2D eigenvalue weighted by molar-refractivity contribution is 6.31. The Morgan fingerprint density at radius 2 is 1.74 bits per heavy atom. The van der Waals surface area contributed by atoms with E-state index in [9.17, 15) is 14.0 Å². The second-order valence-corrected chi connectivity index (χ2v) is 8.32. The Kier molecular flexibility index (Phi) is 6.56. The first-order valence-corrected chi connectivity index (χ1v) is 10.9. The number of rotatable bonds is 5. The molecule has 34 heavy (non-hydrogen) atoms. The quantitative estimate of drug-likeness (QED) is 0.473. The Bertz CT molecular complexity index is 1270. The number of aryl methyl sites for hydroxylation is 1. The lowest BCUT2D eigenvalue weighted by Crippen LogP contribution is -2.48. The summed E-state index contributed by atoms with van der Waals surface area (Å²) >= 11 is 5.96. The number of methoxy groups -OCH3 is 1. The highest BCUT2D eigenvalue weighted by Crippen LogP contribution is 2.35. The van der Waals surface area contributed by atoms with E-state index in [1.165, 1.54) is 23.1 Å². The Hall–Kier alpha value is -3.84. The van der Waals surface area contributed by atoms with Crippen LogP contribution in [0.5, 0.6) is 5.75 Å². The molecule has 0 spiro atoms. The van der Waals surface area contributed by atoms with Crippen LogP contribution in [-0.2, 0) is 4.79 Å². The highest BCUT2D eigenvalue weighted by atomic mass is 35.5. The molecule has 3 aromatic carbocycles. The first-order chi connectivity index (χ1) is 16.3. The molecular weight excluding hydrogens is 457 g/mol. The van der Waals surface area contributed by atoms with Gasteiger partial charge in [0.15, 0.2) is 0 Å². The molecule has 0 fully saturated rings. The number of hydrogen-bond donors (Lipinski definition) is 2. The summed E-state index contributed by atoms with van der Waals surface area (Å²) in [4.78, 5) is 28.0. The average Bonchev–Trinajstić information content (AvgIpc) is 2.82. The topological polar surface area (TPSA) is 70.7 Å². The minimum Gasteiger partial charge on any atom is -0.497 e. The number of benzene rings is 3. The van der Waals surface area contributed by atoms with E-state index in [1.54, 1.807) is 38.3 Å². The standard InChI is InChI=1S/C26H23ClFN3O3/c1-15-4-8-18(9-5-15)29-25(32)23-16(2)31(19-10-13-22(28)21(27)14-19)26(33)30-24(23)17-6-11-20(34-3)12-7-17/h4-14,24H,1-3H3,(H,29,32)(H,30,33). The fraction of sp³-hybridized carbons (Fsp3) is 0.154. The van der Waals surface area contributed by atoms with Gasteiger partial charge < -0.3 is 15.4 Å². The van der Waals surface area contributed by atoms with Gasteiger partial charge in [-0.15, -0.1) is 0 Å². The van der Waals surface area contributed by atoms with Crippen molar-refractivity contribution in [1.29, 1.82) is 0 Å². The zero-order chi connectivity index (χ0) is 24.4. The summed E-state index contributed by atoms with van der Waals surface area (Å²) in [5.41, 5.74) is 3.48. The lowest BCUT2D eigenvalue weighted by atomic mass is 9.93. The zero-order valence-corrected chi connectivity index (χ0v) is 19.6. The van der Waals surface area contributed by atoms with Gasteiger partial charge >= 0.3 is 6.03 Å². The summed E-state index contributed by atoms with van der Waals surface area (Å²) in [6.45, 7) is 3.64. The maximum Gasteiger partial charge on any atom is 0.326 e. The van der Waals surface area contributed by atoms with Crippen molar-refractivity contribution >= 4 is 34.9 Å². The van der Waals surface area contributed by atoms with Gasteiger partial charge in [-0.1, -0.05) is 41.4 Å². The molecule has 0 aromatic heterocycles. The van der Waals surface area contributed by atoms with Gasteiger partial charge in [0.2, 0.25) is 0 Å². The first kappa shape index (κ1) is 23.3. The van der Waals surface area contributed by atoms with Crippen LogP contribution in [-0.4, -0.2) is 19.0 Å². The molecule has 1 atom stereocenters. The van der Waals surface area contributed by atoms with Crippen LogP contribution in [0.4, 0.5) is 20.6 Å². The van der Waals surface area contributed by atoms with E-state index in [-0.39, 0.29) is 10.9 Å². The fourth-order valence-corrected chi connectivity index (χ4v) is 4.03. The van der Waals surface area contributed by atoms with Gasteiger partial charge in [-0.25, -0.2) is 9.18 Å². The minimum atomic E-state index is -0.712. The number of nitrogens with zero attached hydrogens (tertiary/aromatic N) is 1. The minimum absolute atomic E-state index is 0.124. The van der Waals surface area contributed by atoms with Crippen LogP contribution in [0.3, 0.4) is 0 Å². The number of nitrogens with one attached hydrogen (secondary N) is 2. The molecule has 1 aliphatic heterocycles. The summed E-state index contributed by atoms with van der Waals surface area (Å²) in [6.07, 6.45) is 0. The van der Waals surface area contributed by atoms with E-state index in [0.29, 0.717) is 34.0 Å². The second-order valence-electron chi connectivity index (χ2n) is 7.91. The molecule has 0 saturated carbocycles. The molecule has 6 nitrogen and oxygen atoms in total. The number of amides is 3. The van der Waals surface area contributed by atoms with Crippen molar-refractivity contribution in [2.45, 2.75) is 19.9 Å². The Labute approximate surface area is 202 Å². The number of hydrogen-bond acceptors (Lipinski definition) is 3. The van der Waals surface area contributed by atoms with Crippen LogP contribution in [0, 0.1) is 12.7 Å². The summed E-state index contributed by atoms with van der Waals surface area (Å²) in [5.74, 6) is -0.321. The molecule has 2 N–H and O–H groups in total. The van der Waals surface area contributed by atoms with Crippen LogP contribution < -0.4 is 20.3 Å². The van der Waals surface area contributed by atoms with Crippen molar-refractivity contribution in [3.63, 3.8) is 0 Å². The number of anilines is 2. The van der Waals surface area contributed by atoms with Gasteiger partial charge in [0.1, 0.15) is 11.6 Å². The number of carbonyl (C=O) groups excluding carboxylic acids is 2. The van der Waals surface area contributed by atoms with E-state index in [4.69, 9.17) is 16.3 Å². The van der Waals surface area contributed by atoms with Crippen molar-refractivity contribution in [1.82, 2.24) is 5.32 Å². The molecular formula is C26H23ClFN3O3. The lowest BCUT2D eigenvalue weighted by molar-refractivity contribution is -0.113. The largest absolute Gasteiger partial charge is 0.497 e. The van der Waals surface area contributed by atoms with Crippen molar-refractivity contribution in [3.8, 4) is 5.75 Å². The zero-order valence-electron chi connectivity index (χ0n) is 18.9. The third kappa shape index (κ3) is 4.61. The molecule has 1 aliphatic rings. The normalized spacial score (nSPS) is 15.7. The van der Waals surface area contributed by atoms with E-state index in [0.717, 1.165) is 5.56 Å². The molecule has 0 bridgehead atoms. The predicted molar refractivity (Wildman–Crippen MR) is 131 cm³/mol. The molecule has 0 saturated heterocycles. The van der Waals surface area contributed by atoms with Gasteiger partial charge in [0.05, 0.1) is 29.4 Å². The van der Waals surface area contributed by atoms with Gasteiger partial charge in [0, 0.05) is 11.4 Å². The predicted octanol–water partition coefficient (Wildman–Crippen LogP) is 5.98. The van der Waals surface area contributed by atoms with Gasteiger partial charge in [0.25, 0.3) is 5.91 Å². The van der Waals surface area contributed by atoms with Gasteiger partial charge in [-0.05, 0) is 61.9 Å². The number of carbonyl (C=O) groups is 2. The Morgan fingerprint density at radius 1 is 1.06 bits per heavy atom. The SMILES string of the molecule is COc1ccc(C2NC(=O)N(c3ccc(F)c(Cl)c3)C(C)=C2C(=O)Nc2ccc(C)cc2)cc1. The van der Waals surface area contributed by atoms with Gasteiger partial charge in [-0.3, -0.25) is 9.69 Å². The molecule has 1 heterocycles. The number of ether oxygens (including phenoxy) is 1. The molecule has 174 valence electrons. The summed E-state index contributed by atoms with van der Waals surface area (Å²) < 4.78 is 19.0. The van der Waals surface area contributed by atoms with Crippen LogP contribution in [0.15, 0.2) is 78.0 Å². The number of halogens is 2. The summed E-state index contributed by atoms with van der Waals surface area (Å²) in [6, 6.07) is 17.3. The summed E-state index contributed by atoms with van der Waals surface area (Å²) in [7, 11) is 1.56. The smallest absolute Gasteiger partial charge is 0.326 e. The maximum absolute atomic E-state index is 13.7. The Balaban J connectivity index is 1.80. The molecule has 3 aromatic rings. The Morgan fingerprint density at radius 3 is 2.35 bits per heavy atom. The maximum atomic E-state index is 13.7. The lowest BCUT2D eigenvalue weighted by Gasteiger charge is -2.36.